The fraction of sp³-hybridized carbons (Fsp3) is 0.500. The van der Waals surface area contributed by atoms with Crippen molar-refractivity contribution in [3.05, 3.63) is 22.7 Å². The fourth-order valence-corrected chi connectivity index (χ4v) is 1.43. The van der Waals surface area contributed by atoms with Gasteiger partial charge in [0.05, 0.1) is 13.2 Å². The molecular weight excluding hydrogens is 202 g/mol. The molecule has 3 N–H and O–H groups in total. The van der Waals surface area contributed by atoms with Gasteiger partial charge in [-0.1, -0.05) is 0 Å². The maximum Gasteiger partial charge on any atom is 0.353 e. The Morgan fingerprint density at radius 1 is 1.60 bits per heavy atom. The van der Waals surface area contributed by atoms with E-state index in [1.807, 2.05) is 0 Å². The van der Waals surface area contributed by atoms with Gasteiger partial charge in [-0.3, -0.25) is 0 Å². The molecule has 1 aliphatic heterocycles. The lowest BCUT2D eigenvalue weighted by Gasteiger charge is -2.26. The first-order valence-corrected chi connectivity index (χ1v) is 4.42. The zero-order chi connectivity index (χ0) is 10.9. The van der Waals surface area contributed by atoms with Gasteiger partial charge in [-0.25, -0.2) is 9.36 Å². The molecule has 1 saturated heterocycles. The predicted octanol–water partition coefficient (Wildman–Crippen LogP) is -1.53. The van der Waals surface area contributed by atoms with Gasteiger partial charge in [0.2, 0.25) is 0 Å². The van der Waals surface area contributed by atoms with Crippen molar-refractivity contribution in [2.45, 2.75) is 5.91 Å². The van der Waals surface area contributed by atoms with Gasteiger partial charge in [0, 0.05) is 6.20 Å². The van der Waals surface area contributed by atoms with E-state index in [1.54, 1.807) is 0 Å². The molecule has 2 heterocycles. The average molecular weight is 213 g/mol. The van der Waals surface area contributed by atoms with Crippen LogP contribution in [0, 0.1) is 0 Å². The molecule has 0 spiro atoms. The van der Waals surface area contributed by atoms with Gasteiger partial charge < -0.3 is 20.3 Å². The van der Waals surface area contributed by atoms with Crippen molar-refractivity contribution in [2.24, 2.45) is 0 Å². The largest absolute Gasteiger partial charge is 0.389 e. The molecule has 82 valence electrons. The summed E-state index contributed by atoms with van der Waals surface area (Å²) in [6, 6.07) is 1.43. The topological polar surface area (TPSA) is 99.6 Å². The van der Waals surface area contributed by atoms with Crippen molar-refractivity contribution in [3.8, 4) is 0 Å². The van der Waals surface area contributed by atoms with Crippen LogP contribution < -0.4 is 11.4 Å². The maximum absolute atomic E-state index is 11.5. The van der Waals surface area contributed by atoms with Crippen LogP contribution in [-0.4, -0.2) is 34.5 Å². The summed E-state index contributed by atoms with van der Waals surface area (Å²) in [6.45, 7) is 0.174. The van der Waals surface area contributed by atoms with E-state index in [-0.39, 0.29) is 5.82 Å². The van der Waals surface area contributed by atoms with Crippen molar-refractivity contribution in [1.82, 2.24) is 9.55 Å². The molecule has 1 fully saturated rings. The molecule has 0 aromatic carbocycles. The van der Waals surface area contributed by atoms with E-state index in [9.17, 15) is 9.90 Å². The maximum atomic E-state index is 11.5. The number of rotatable bonds is 2. The number of ether oxygens (including phenoxy) is 2. The number of hydrogen-bond acceptors (Lipinski definition) is 6. The van der Waals surface area contributed by atoms with Gasteiger partial charge in [0.15, 0.2) is 0 Å². The van der Waals surface area contributed by atoms with Gasteiger partial charge in [-0.05, 0) is 6.07 Å². The third kappa shape index (κ3) is 1.60. The quantitative estimate of drug-likeness (QED) is 0.618. The number of aromatic nitrogens is 2. The lowest BCUT2D eigenvalue weighted by Crippen LogP contribution is -2.45. The highest BCUT2D eigenvalue weighted by molar-refractivity contribution is 5.23. The van der Waals surface area contributed by atoms with Crippen LogP contribution in [0.15, 0.2) is 17.1 Å². The zero-order valence-electron chi connectivity index (χ0n) is 7.92. The summed E-state index contributed by atoms with van der Waals surface area (Å²) in [5, 5.41) is 9.19. The second-order valence-corrected chi connectivity index (χ2v) is 3.07. The summed E-state index contributed by atoms with van der Waals surface area (Å²) in [6.07, 6.45) is 1.38. The minimum atomic E-state index is -1.45. The number of hydrogen-bond donors (Lipinski definition) is 2. The lowest BCUT2D eigenvalue weighted by atomic mass is 10.4. The molecule has 0 saturated carbocycles. The highest BCUT2D eigenvalue weighted by Gasteiger charge is 2.39. The van der Waals surface area contributed by atoms with E-state index in [4.69, 9.17) is 15.2 Å². The van der Waals surface area contributed by atoms with Crippen molar-refractivity contribution < 1.29 is 14.6 Å². The molecular formula is C8H11N3O4. The molecule has 0 bridgehead atoms. The Morgan fingerprint density at radius 2 is 2.27 bits per heavy atom. The van der Waals surface area contributed by atoms with E-state index in [1.165, 1.54) is 12.3 Å². The van der Waals surface area contributed by atoms with Gasteiger partial charge in [-0.15, -0.1) is 0 Å². The Labute approximate surface area is 85.1 Å². The number of anilines is 1. The first-order valence-electron chi connectivity index (χ1n) is 4.42. The number of aliphatic hydroxyl groups is 1. The SMILES string of the molecule is Nc1ccn(C2(CO)OCCO2)c(=O)n1. The smallest absolute Gasteiger partial charge is 0.353 e. The molecule has 0 radical (unpaired) electrons. The normalized spacial score (nSPS) is 19.3. The van der Waals surface area contributed by atoms with Crippen LogP contribution in [0.2, 0.25) is 0 Å². The minimum Gasteiger partial charge on any atom is -0.389 e. The predicted molar refractivity (Wildman–Crippen MR) is 49.9 cm³/mol. The van der Waals surface area contributed by atoms with Crippen LogP contribution in [0.3, 0.4) is 0 Å². The second-order valence-electron chi connectivity index (χ2n) is 3.07. The van der Waals surface area contributed by atoms with E-state index >= 15 is 0 Å². The molecule has 2 rings (SSSR count). The van der Waals surface area contributed by atoms with Crippen LogP contribution in [0.1, 0.15) is 0 Å². The fourth-order valence-electron chi connectivity index (χ4n) is 1.43. The van der Waals surface area contributed by atoms with Gasteiger partial charge >= 0.3 is 5.69 Å². The summed E-state index contributed by atoms with van der Waals surface area (Å²) in [7, 11) is 0. The molecule has 7 nitrogen and oxygen atoms in total. The Morgan fingerprint density at radius 3 is 2.80 bits per heavy atom. The molecule has 15 heavy (non-hydrogen) atoms. The van der Waals surface area contributed by atoms with Gasteiger partial charge in [0.25, 0.3) is 5.91 Å². The molecule has 7 heteroatoms. The van der Waals surface area contributed by atoms with Crippen molar-refractivity contribution in [1.29, 1.82) is 0 Å². The molecule has 0 aliphatic carbocycles. The standard InChI is InChI=1S/C8H11N3O4/c9-6-1-2-11(7(13)10-6)8(5-12)14-3-4-15-8/h1-2,12H,3-5H2,(H2,9,10,13). The van der Waals surface area contributed by atoms with E-state index in [2.05, 4.69) is 4.98 Å². The number of aliphatic hydroxyl groups excluding tert-OH is 1. The van der Waals surface area contributed by atoms with Crippen LogP contribution >= 0.6 is 0 Å². The number of nitrogens with zero attached hydrogens (tertiary/aromatic N) is 2. The molecule has 0 atom stereocenters. The Kier molecular flexibility index (Phi) is 2.43. The van der Waals surface area contributed by atoms with Crippen LogP contribution in [-0.2, 0) is 15.4 Å². The molecule has 1 aliphatic rings. The first kappa shape index (κ1) is 10.1. The molecule has 1 aromatic heterocycles. The van der Waals surface area contributed by atoms with Gasteiger partial charge in [-0.2, -0.15) is 4.98 Å². The van der Waals surface area contributed by atoms with Crippen LogP contribution in [0.4, 0.5) is 5.82 Å². The third-order valence-corrected chi connectivity index (χ3v) is 2.13. The number of nitrogen functional groups attached to an aromatic ring is 1. The average Bonchev–Trinajstić information content (AvgIpc) is 2.67. The van der Waals surface area contributed by atoms with Crippen LogP contribution in [0.25, 0.3) is 0 Å². The van der Waals surface area contributed by atoms with Crippen molar-refractivity contribution in [3.63, 3.8) is 0 Å². The molecule has 0 unspecified atom stereocenters. The molecule has 0 amide bonds. The third-order valence-electron chi connectivity index (χ3n) is 2.13. The summed E-state index contributed by atoms with van der Waals surface area (Å²) in [5.41, 5.74) is 4.72. The van der Waals surface area contributed by atoms with E-state index < -0.39 is 18.2 Å². The summed E-state index contributed by atoms with van der Waals surface area (Å²) < 4.78 is 11.5. The zero-order valence-corrected chi connectivity index (χ0v) is 7.92. The van der Waals surface area contributed by atoms with Crippen LogP contribution in [0.5, 0.6) is 0 Å². The summed E-state index contributed by atoms with van der Waals surface area (Å²) in [4.78, 5) is 15.0. The summed E-state index contributed by atoms with van der Waals surface area (Å²) in [5.74, 6) is -1.33. The van der Waals surface area contributed by atoms with Crippen molar-refractivity contribution >= 4 is 5.82 Å². The second kappa shape index (κ2) is 3.61. The van der Waals surface area contributed by atoms with Gasteiger partial charge in [0.1, 0.15) is 12.4 Å². The first-order chi connectivity index (χ1) is 7.18. The Balaban J connectivity index is 2.47. The highest BCUT2D eigenvalue weighted by Crippen LogP contribution is 2.22. The Hall–Kier alpha value is -1.44. The Bertz CT molecular complexity index is 411. The molecule has 1 aromatic rings. The summed E-state index contributed by atoms with van der Waals surface area (Å²) >= 11 is 0. The lowest BCUT2D eigenvalue weighted by molar-refractivity contribution is -0.247. The van der Waals surface area contributed by atoms with E-state index in [0.717, 1.165) is 4.57 Å². The minimum absolute atomic E-state index is 0.113. The monoisotopic (exact) mass is 213 g/mol. The van der Waals surface area contributed by atoms with E-state index in [0.29, 0.717) is 13.2 Å². The number of nitrogens with two attached hydrogens (primary N) is 1. The van der Waals surface area contributed by atoms with Crippen molar-refractivity contribution in [2.75, 3.05) is 25.6 Å². The highest BCUT2D eigenvalue weighted by atomic mass is 16.8.